The summed E-state index contributed by atoms with van der Waals surface area (Å²) in [5, 5.41) is 0. The molecule has 0 aliphatic carbocycles. The van der Waals surface area contributed by atoms with Crippen molar-refractivity contribution in [3.05, 3.63) is 59.4 Å². The largest absolute Gasteiger partial charge is 0.494 e. The van der Waals surface area contributed by atoms with Gasteiger partial charge in [-0.15, -0.1) is 0 Å². The van der Waals surface area contributed by atoms with E-state index in [1.54, 1.807) is 0 Å². The molecule has 20 heavy (non-hydrogen) atoms. The Morgan fingerprint density at radius 2 is 2.10 bits per heavy atom. The molecule has 2 N–H and O–H groups in total. The molecule has 3 heteroatoms. The Labute approximate surface area is 120 Å². The van der Waals surface area contributed by atoms with Gasteiger partial charge in [-0.2, -0.15) is 0 Å². The van der Waals surface area contributed by atoms with Crippen molar-refractivity contribution >= 4 is 0 Å². The third-order valence-corrected chi connectivity index (χ3v) is 3.37. The Kier molecular flexibility index (Phi) is 5.13. The maximum Gasteiger partial charge on any atom is 0.122 e. The first-order valence-electron chi connectivity index (χ1n) is 7.08. The van der Waals surface area contributed by atoms with Crippen LogP contribution in [0.15, 0.2) is 42.6 Å². The molecular formula is C17H22N2O. The van der Waals surface area contributed by atoms with Gasteiger partial charge in [-0.25, -0.2) is 0 Å². The highest BCUT2D eigenvalue weighted by atomic mass is 16.5. The molecule has 0 aliphatic heterocycles. The van der Waals surface area contributed by atoms with Crippen LogP contribution in [0, 0.1) is 6.92 Å². The molecule has 0 spiro atoms. The van der Waals surface area contributed by atoms with Gasteiger partial charge in [0.15, 0.2) is 0 Å². The SMILES string of the molecule is CCOc1ccc(C)cc1C(CN)Cc1ccccn1. The van der Waals surface area contributed by atoms with Crippen molar-refractivity contribution < 1.29 is 4.74 Å². The Balaban J connectivity index is 2.28. The molecule has 1 heterocycles. The zero-order valence-electron chi connectivity index (χ0n) is 12.2. The fourth-order valence-electron chi connectivity index (χ4n) is 2.37. The van der Waals surface area contributed by atoms with Gasteiger partial charge >= 0.3 is 0 Å². The molecular weight excluding hydrogens is 248 g/mol. The van der Waals surface area contributed by atoms with E-state index in [1.165, 1.54) is 11.1 Å². The van der Waals surface area contributed by atoms with E-state index in [4.69, 9.17) is 10.5 Å². The second-order valence-corrected chi connectivity index (χ2v) is 4.93. The Morgan fingerprint density at radius 1 is 1.25 bits per heavy atom. The van der Waals surface area contributed by atoms with Crippen molar-refractivity contribution in [2.24, 2.45) is 5.73 Å². The molecule has 0 radical (unpaired) electrons. The van der Waals surface area contributed by atoms with Crippen LogP contribution in [0.5, 0.6) is 5.75 Å². The molecule has 2 rings (SSSR count). The molecule has 0 amide bonds. The second kappa shape index (κ2) is 7.06. The molecule has 2 aromatic rings. The van der Waals surface area contributed by atoms with Crippen LogP contribution >= 0.6 is 0 Å². The molecule has 1 unspecified atom stereocenters. The van der Waals surface area contributed by atoms with Crippen LogP contribution in [0.2, 0.25) is 0 Å². The minimum atomic E-state index is 0.228. The van der Waals surface area contributed by atoms with Crippen LogP contribution in [0.25, 0.3) is 0 Å². The molecule has 106 valence electrons. The fourth-order valence-corrected chi connectivity index (χ4v) is 2.37. The first-order valence-corrected chi connectivity index (χ1v) is 7.08. The number of nitrogens with two attached hydrogens (primary N) is 1. The summed E-state index contributed by atoms with van der Waals surface area (Å²) in [5.74, 6) is 1.16. The first-order chi connectivity index (χ1) is 9.74. The van der Waals surface area contributed by atoms with Crippen LogP contribution in [0.4, 0.5) is 0 Å². The van der Waals surface area contributed by atoms with E-state index in [0.717, 1.165) is 17.9 Å². The fraction of sp³-hybridized carbons (Fsp3) is 0.353. The number of hydrogen-bond acceptors (Lipinski definition) is 3. The molecule has 3 nitrogen and oxygen atoms in total. The predicted octanol–water partition coefficient (Wildman–Crippen LogP) is 3.07. The van der Waals surface area contributed by atoms with Crippen molar-refractivity contribution in [3.63, 3.8) is 0 Å². The molecule has 1 atom stereocenters. The van der Waals surface area contributed by atoms with Gasteiger partial charge in [0, 0.05) is 17.8 Å². The lowest BCUT2D eigenvalue weighted by Gasteiger charge is -2.19. The highest BCUT2D eigenvalue weighted by Crippen LogP contribution is 2.29. The summed E-state index contributed by atoms with van der Waals surface area (Å²) in [6, 6.07) is 12.3. The molecule has 1 aromatic heterocycles. The maximum absolute atomic E-state index is 5.98. The van der Waals surface area contributed by atoms with E-state index in [0.29, 0.717) is 13.2 Å². The number of nitrogens with zero attached hydrogens (tertiary/aromatic N) is 1. The summed E-state index contributed by atoms with van der Waals surface area (Å²) in [6.07, 6.45) is 2.66. The maximum atomic E-state index is 5.98. The van der Waals surface area contributed by atoms with E-state index in [1.807, 2.05) is 37.4 Å². The smallest absolute Gasteiger partial charge is 0.122 e. The number of ether oxygens (including phenoxy) is 1. The number of rotatable bonds is 6. The minimum absolute atomic E-state index is 0.228. The highest BCUT2D eigenvalue weighted by molar-refractivity contribution is 5.40. The lowest BCUT2D eigenvalue weighted by Crippen LogP contribution is -2.17. The van der Waals surface area contributed by atoms with E-state index in [-0.39, 0.29) is 5.92 Å². The van der Waals surface area contributed by atoms with Gasteiger partial charge in [-0.05, 0) is 50.6 Å². The van der Waals surface area contributed by atoms with E-state index >= 15 is 0 Å². The standard InChI is InChI=1S/C17H22N2O/c1-3-20-17-8-7-13(2)10-16(17)14(12-18)11-15-6-4-5-9-19-15/h4-10,14H,3,11-12,18H2,1-2H3. The Morgan fingerprint density at radius 3 is 2.75 bits per heavy atom. The van der Waals surface area contributed by atoms with Crippen LogP contribution in [0.3, 0.4) is 0 Å². The highest BCUT2D eigenvalue weighted by Gasteiger charge is 2.16. The number of pyridine rings is 1. The average molecular weight is 270 g/mol. The van der Waals surface area contributed by atoms with Crippen LogP contribution < -0.4 is 10.5 Å². The van der Waals surface area contributed by atoms with Crippen molar-refractivity contribution in [1.29, 1.82) is 0 Å². The number of benzene rings is 1. The molecule has 1 aromatic carbocycles. The van der Waals surface area contributed by atoms with Gasteiger partial charge in [0.1, 0.15) is 5.75 Å². The summed E-state index contributed by atoms with van der Waals surface area (Å²) in [5.41, 5.74) is 9.45. The predicted molar refractivity (Wildman–Crippen MR) is 82.1 cm³/mol. The molecule has 0 saturated heterocycles. The summed E-state index contributed by atoms with van der Waals surface area (Å²) in [7, 11) is 0. The molecule has 0 bridgehead atoms. The average Bonchev–Trinajstić information content (AvgIpc) is 2.48. The number of hydrogen-bond donors (Lipinski definition) is 1. The van der Waals surface area contributed by atoms with Gasteiger partial charge in [0.25, 0.3) is 0 Å². The van der Waals surface area contributed by atoms with E-state index < -0.39 is 0 Å². The number of aryl methyl sites for hydroxylation is 1. The van der Waals surface area contributed by atoms with Gasteiger partial charge in [0.05, 0.1) is 6.61 Å². The van der Waals surface area contributed by atoms with E-state index in [2.05, 4.69) is 24.0 Å². The van der Waals surface area contributed by atoms with Crippen molar-refractivity contribution in [3.8, 4) is 5.75 Å². The van der Waals surface area contributed by atoms with Gasteiger partial charge < -0.3 is 10.5 Å². The van der Waals surface area contributed by atoms with Crippen LogP contribution in [-0.4, -0.2) is 18.1 Å². The molecule has 0 saturated carbocycles. The summed E-state index contributed by atoms with van der Waals surface area (Å²) in [6.45, 7) is 5.34. The zero-order valence-corrected chi connectivity index (χ0v) is 12.2. The number of aromatic nitrogens is 1. The minimum Gasteiger partial charge on any atom is -0.494 e. The van der Waals surface area contributed by atoms with Gasteiger partial charge in [-0.1, -0.05) is 23.8 Å². The first kappa shape index (κ1) is 14.5. The molecule has 0 fully saturated rings. The lowest BCUT2D eigenvalue weighted by atomic mass is 9.92. The van der Waals surface area contributed by atoms with Gasteiger partial charge in [0.2, 0.25) is 0 Å². The summed E-state index contributed by atoms with van der Waals surface area (Å²) in [4.78, 5) is 4.39. The zero-order chi connectivity index (χ0) is 14.4. The topological polar surface area (TPSA) is 48.1 Å². The van der Waals surface area contributed by atoms with Crippen LogP contribution in [-0.2, 0) is 6.42 Å². The normalized spacial score (nSPS) is 12.2. The lowest BCUT2D eigenvalue weighted by molar-refractivity contribution is 0.334. The monoisotopic (exact) mass is 270 g/mol. The van der Waals surface area contributed by atoms with Crippen LogP contribution in [0.1, 0.15) is 29.7 Å². The van der Waals surface area contributed by atoms with Crippen molar-refractivity contribution in [2.45, 2.75) is 26.2 Å². The second-order valence-electron chi connectivity index (χ2n) is 4.93. The quantitative estimate of drug-likeness (QED) is 0.877. The summed E-state index contributed by atoms with van der Waals surface area (Å²) >= 11 is 0. The van der Waals surface area contributed by atoms with E-state index in [9.17, 15) is 0 Å². The Bertz CT molecular complexity index is 540. The Hall–Kier alpha value is -1.87. The summed E-state index contributed by atoms with van der Waals surface area (Å²) < 4.78 is 5.74. The molecule has 0 aliphatic rings. The third-order valence-electron chi connectivity index (χ3n) is 3.37. The van der Waals surface area contributed by atoms with Gasteiger partial charge in [-0.3, -0.25) is 4.98 Å². The van der Waals surface area contributed by atoms with Crippen molar-refractivity contribution in [2.75, 3.05) is 13.2 Å². The third kappa shape index (κ3) is 3.58. The van der Waals surface area contributed by atoms with Crippen molar-refractivity contribution in [1.82, 2.24) is 4.98 Å².